The van der Waals surface area contributed by atoms with Crippen LogP contribution in [0.4, 0.5) is 0 Å². The van der Waals surface area contributed by atoms with Crippen LogP contribution in [0.3, 0.4) is 0 Å². The number of hydrogen-bond donors (Lipinski definition) is 0. The Labute approximate surface area is 580 Å². The van der Waals surface area contributed by atoms with E-state index in [0.29, 0.717) is 0 Å². The lowest BCUT2D eigenvalue weighted by Crippen LogP contribution is -2.11. The minimum Gasteiger partial charge on any atom is -0.0617 e. The predicted octanol–water partition coefficient (Wildman–Crippen LogP) is 25.6. The molecule has 8 aliphatic rings. The Morgan fingerprint density at radius 2 is 0.354 bits per heavy atom. The molecule has 96 heavy (non-hydrogen) atoms. The van der Waals surface area contributed by atoms with Crippen molar-refractivity contribution >= 4 is 0 Å². The van der Waals surface area contributed by atoms with E-state index in [1.807, 2.05) is 0 Å². The van der Waals surface area contributed by atoms with Crippen molar-refractivity contribution in [2.24, 2.45) is 0 Å². The average Bonchev–Trinajstić information content (AvgIpc) is 1.59. The van der Waals surface area contributed by atoms with Gasteiger partial charge in [0.15, 0.2) is 0 Å². The molecule has 490 valence electrons. The highest BCUT2D eigenvalue weighted by Gasteiger charge is 2.37. The zero-order chi connectivity index (χ0) is 69.6. The first-order chi connectivity index (χ1) is 44.6. The largest absolute Gasteiger partial charge is 0.0617 e. The van der Waals surface area contributed by atoms with Crippen LogP contribution in [0.25, 0.3) is 44.5 Å². The fourth-order valence-electron chi connectivity index (χ4n) is 14.4. The molecule has 3 aromatic rings. The van der Waals surface area contributed by atoms with Crippen molar-refractivity contribution in [1.82, 2.24) is 0 Å². The van der Waals surface area contributed by atoms with Crippen LogP contribution >= 0.6 is 0 Å². The lowest BCUT2D eigenvalue weighted by Gasteiger charge is -2.20. The Hall–Kier alpha value is -8.42. The van der Waals surface area contributed by atoms with Gasteiger partial charge in [-0.25, -0.2) is 0 Å². The monoisotopic (exact) mass is 1260 g/mol. The molecule has 8 aliphatic carbocycles. The Morgan fingerprint density at radius 1 is 0.188 bits per heavy atom. The van der Waals surface area contributed by atoms with Gasteiger partial charge in [0.05, 0.1) is 0 Å². The zero-order valence-electron chi connectivity index (χ0n) is 62.6. The van der Waals surface area contributed by atoms with Crippen LogP contribution in [0.5, 0.6) is 0 Å². The van der Waals surface area contributed by atoms with Crippen molar-refractivity contribution in [3.8, 4) is 68.2 Å². The summed E-state index contributed by atoms with van der Waals surface area (Å²) in [5, 5.41) is 0. The molecule has 11 rings (SSSR count). The lowest BCUT2D eigenvalue weighted by atomic mass is 9.82. The smallest absolute Gasteiger partial charge is 0.0352 e. The van der Waals surface area contributed by atoms with Crippen molar-refractivity contribution in [3.63, 3.8) is 0 Å². The van der Waals surface area contributed by atoms with Gasteiger partial charge in [-0.3, -0.25) is 0 Å². The van der Waals surface area contributed by atoms with Crippen LogP contribution in [0.1, 0.15) is 278 Å². The number of rotatable bonds is 6. The Balaban J connectivity index is 0.938. The lowest BCUT2D eigenvalue weighted by molar-refractivity contribution is 0.590. The molecule has 0 unspecified atom stereocenters. The van der Waals surface area contributed by atoms with E-state index >= 15 is 0 Å². The van der Waals surface area contributed by atoms with Crippen LogP contribution < -0.4 is 0 Å². The fraction of sp³-hybridized carbons (Fsp3) is 0.354. The average molecular weight is 1260 g/mol. The Bertz CT molecular complexity index is 4140. The van der Waals surface area contributed by atoms with Crippen molar-refractivity contribution in [2.75, 3.05) is 0 Å². The van der Waals surface area contributed by atoms with Gasteiger partial charge in [0.1, 0.15) is 0 Å². The first-order valence-electron chi connectivity index (χ1n) is 35.3. The van der Waals surface area contributed by atoms with E-state index in [0.717, 1.165) is 22.3 Å². The second-order valence-electron chi connectivity index (χ2n) is 36.0. The standard InChI is InChI=1S/C96H106/c1-89(2,3)67-41-49-71-75(53-45-67)83(93(13,14)15)57-79(71)87(80-58-84(94(16,17)18)76-54-46-68(90(4,5)6)42-50-72(76)80)65-37-33-63(34-38-65)31-29-61-25-27-62(28-26-61)30-32-64-35-39-66(40-36-64)88(81-59-85(95(19,20)21)77-55-47-69(91(7,8)9)43-51-73(77)81)82-60-86(96(22,23)24)78-56-48-70(92(10,11)12)44-52-74(78)82/h25-28,33-60,87-88H,1-24H3. The van der Waals surface area contributed by atoms with Crippen molar-refractivity contribution < 1.29 is 0 Å². The van der Waals surface area contributed by atoms with Crippen LogP contribution in [0.15, 0.2) is 194 Å². The highest BCUT2D eigenvalue weighted by molar-refractivity contribution is 5.85. The summed E-state index contributed by atoms with van der Waals surface area (Å²) in [6.45, 7) is 56.1. The van der Waals surface area contributed by atoms with E-state index in [9.17, 15) is 0 Å². The summed E-state index contributed by atoms with van der Waals surface area (Å²) in [6, 6.07) is 75.0. The molecule has 0 radical (unpaired) electrons. The molecule has 0 nitrogen and oxygen atoms in total. The molecule has 0 saturated carbocycles. The third-order valence-corrected chi connectivity index (χ3v) is 20.2. The van der Waals surface area contributed by atoms with E-state index < -0.39 is 0 Å². The molecule has 3 aromatic carbocycles. The summed E-state index contributed by atoms with van der Waals surface area (Å²) >= 11 is 0. The molecule has 0 heteroatoms. The molecule has 0 spiro atoms. The third-order valence-electron chi connectivity index (χ3n) is 20.2. The van der Waals surface area contributed by atoms with Crippen LogP contribution in [-0.4, -0.2) is 0 Å². The summed E-state index contributed by atoms with van der Waals surface area (Å²) in [5.41, 5.74) is 32.9. The van der Waals surface area contributed by atoms with Gasteiger partial charge in [-0.05, 0) is 214 Å². The van der Waals surface area contributed by atoms with E-state index in [1.54, 1.807) is 0 Å². The molecule has 0 amide bonds. The zero-order valence-corrected chi connectivity index (χ0v) is 62.6. The van der Waals surface area contributed by atoms with Gasteiger partial charge in [0.25, 0.3) is 0 Å². The molecule has 0 saturated heterocycles. The van der Waals surface area contributed by atoms with E-state index in [4.69, 9.17) is 0 Å². The van der Waals surface area contributed by atoms with Gasteiger partial charge in [0, 0.05) is 34.1 Å². The summed E-state index contributed by atoms with van der Waals surface area (Å²) in [5.74, 6) is 14.1. The van der Waals surface area contributed by atoms with Crippen LogP contribution in [0.2, 0.25) is 0 Å². The van der Waals surface area contributed by atoms with Crippen LogP contribution in [-0.2, 0) is 43.3 Å². The fourth-order valence-corrected chi connectivity index (χ4v) is 14.4. The van der Waals surface area contributed by atoms with E-state index in [-0.39, 0.29) is 55.2 Å². The minimum atomic E-state index is -0.0688. The van der Waals surface area contributed by atoms with Gasteiger partial charge in [-0.2, -0.15) is 0 Å². The Kier molecular flexibility index (Phi) is 17.9. The third kappa shape index (κ3) is 14.2. The molecular formula is C96H106. The normalized spacial score (nSPS) is 13.0. The maximum atomic E-state index is 3.55. The SMILES string of the molecule is CC(C)(C)c1ccc2c(C(c3ccc(C#Cc4ccc(C#Cc5ccc(C(c6cc(C(C)(C)C)c7ccc(C(C)(C)C)ccc6-7)c6cc(C(C)(C)C)c7ccc(C(C)(C)C)ccc6-7)cc5)cc4)cc3)c3cc(C(C)(C)C)c4ccc(C(C)(C)C)ccc3-4)cc(C(C)(C)C)c-2cc1. The highest BCUT2D eigenvalue weighted by Crippen LogP contribution is 2.54. The second kappa shape index (κ2) is 24.9. The molecular weight excluding hydrogens is 1150 g/mol. The van der Waals surface area contributed by atoms with Gasteiger partial charge in [-0.15, -0.1) is 0 Å². The Morgan fingerprint density at radius 3 is 0.521 bits per heavy atom. The van der Waals surface area contributed by atoms with E-state index in [1.165, 1.54) is 122 Å². The molecule has 0 heterocycles. The molecule has 0 atom stereocenters. The molecule has 0 aromatic heterocycles. The maximum Gasteiger partial charge on any atom is 0.0352 e. The van der Waals surface area contributed by atoms with Gasteiger partial charge in [-0.1, -0.05) is 335 Å². The topological polar surface area (TPSA) is 0 Å². The van der Waals surface area contributed by atoms with Gasteiger partial charge < -0.3 is 0 Å². The number of hydrogen-bond acceptors (Lipinski definition) is 0. The molecule has 0 bridgehead atoms. The van der Waals surface area contributed by atoms with Gasteiger partial charge in [0.2, 0.25) is 0 Å². The first kappa shape index (κ1) is 68.9. The second-order valence-corrected chi connectivity index (χ2v) is 36.0. The van der Waals surface area contributed by atoms with Crippen molar-refractivity contribution in [2.45, 2.75) is 221 Å². The summed E-state index contributed by atoms with van der Waals surface area (Å²) < 4.78 is 0. The van der Waals surface area contributed by atoms with E-state index in [2.05, 4.69) is 384 Å². The minimum absolute atomic E-state index is 0.0127. The van der Waals surface area contributed by atoms with Crippen LogP contribution in [0, 0.1) is 23.7 Å². The molecule has 0 N–H and O–H groups in total. The number of benzene rings is 3. The summed E-state index contributed by atoms with van der Waals surface area (Å²) in [7, 11) is 0. The van der Waals surface area contributed by atoms with Gasteiger partial charge >= 0.3 is 0 Å². The molecule has 0 aliphatic heterocycles. The predicted molar refractivity (Wildman–Crippen MR) is 415 cm³/mol. The van der Waals surface area contributed by atoms with Crippen molar-refractivity contribution in [3.05, 3.63) is 294 Å². The first-order valence-corrected chi connectivity index (χ1v) is 35.3. The summed E-state index contributed by atoms with van der Waals surface area (Å²) in [6.07, 6.45) is 0. The molecule has 0 fully saturated rings. The van der Waals surface area contributed by atoms with Crippen molar-refractivity contribution in [1.29, 1.82) is 0 Å². The highest BCUT2D eigenvalue weighted by atomic mass is 14.4. The summed E-state index contributed by atoms with van der Waals surface area (Å²) in [4.78, 5) is 0. The maximum absolute atomic E-state index is 3.55. The number of fused-ring (bicyclic) bond motifs is 4. The quantitative estimate of drug-likeness (QED) is 0.146.